The Labute approximate surface area is 158 Å². The zero-order chi connectivity index (χ0) is 19.0. The Kier molecular flexibility index (Phi) is 4.19. The van der Waals surface area contributed by atoms with Crippen LogP contribution >= 0.6 is 0 Å². The topological polar surface area (TPSA) is 49.4 Å². The summed E-state index contributed by atoms with van der Waals surface area (Å²) in [4.78, 5) is 27.1. The van der Waals surface area contributed by atoms with Crippen LogP contribution in [-0.2, 0) is 11.2 Å². The minimum Gasteiger partial charge on any atom is -0.349 e. The molecule has 136 valence electrons. The summed E-state index contributed by atoms with van der Waals surface area (Å²) in [5.41, 5.74) is 2.24. The van der Waals surface area contributed by atoms with E-state index in [0.717, 1.165) is 28.4 Å². The van der Waals surface area contributed by atoms with Gasteiger partial charge in [-0.25, -0.2) is 0 Å². The van der Waals surface area contributed by atoms with Crippen molar-refractivity contribution in [2.75, 3.05) is 11.4 Å². The van der Waals surface area contributed by atoms with Gasteiger partial charge in [0.05, 0.1) is 5.69 Å². The van der Waals surface area contributed by atoms with E-state index in [-0.39, 0.29) is 18.4 Å². The molecule has 1 aliphatic heterocycles. The van der Waals surface area contributed by atoms with E-state index in [1.165, 1.54) is 0 Å². The third-order valence-electron chi connectivity index (χ3n) is 4.92. The van der Waals surface area contributed by atoms with Crippen LogP contribution in [0.25, 0.3) is 10.8 Å². The van der Waals surface area contributed by atoms with E-state index in [2.05, 4.69) is 17.4 Å². The molecule has 0 fully saturated rings. The Bertz CT molecular complexity index is 1020. The maximum absolute atomic E-state index is 12.8. The van der Waals surface area contributed by atoms with Gasteiger partial charge in [0, 0.05) is 16.5 Å². The van der Waals surface area contributed by atoms with Crippen molar-refractivity contribution in [2.24, 2.45) is 0 Å². The second-order valence-electron chi connectivity index (χ2n) is 7.67. The van der Waals surface area contributed by atoms with Gasteiger partial charge in [0.1, 0.15) is 6.54 Å². The Morgan fingerprint density at radius 2 is 1.67 bits per heavy atom. The lowest BCUT2D eigenvalue weighted by atomic mass is 9.95. The minimum atomic E-state index is -0.403. The number of hydrogen-bond acceptors (Lipinski definition) is 2. The molecule has 0 spiro atoms. The van der Waals surface area contributed by atoms with Gasteiger partial charge in [-0.05, 0) is 43.4 Å². The summed E-state index contributed by atoms with van der Waals surface area (Å²) in [7, 11) is 0. The molecular formula is C23H22N2O2. The van der Waals surface area contributed by atoms with Gasteiger partial charge in [-0.3, -0.25) is 14.5 Å². The highest BCUT2D eigenvalue weighted by molar-refractivity contribution is 6.26. The summed E-state index contributed by atoms with van der Waals surface area (Å²) in [6.45, 7) is 4.02. The van der Waals surface area contributed by atoms with Gasteiger partial charge in [0.2, 0.25) is 5.91 Å². The van der Waals surface area contributed by atoms with Crippen molar-refractivity contribution in [1.29, 1.82) is 0 Å². The third-order valence-corrected chi connectivity index (χ3v) is 4.92. The van der Waals surface area contributed by atoms with Gasteiger partial charge < -0.3 is 5.32 Å². The first-order valence-electron chi connectivity index (χ1n) is 9.13. The lowest BCUT2D eigenvalue weighted by Crippen LogP contribution is -2.49. The SMILES string of the molecule is CC(C)(Cc1ccccc1)NC(=O)CN1C(=O)c2cccc3cccc1c23. The lowest BCUT2D eigenvalue weighted by Gasteiger charge is -2.28. The fourth-order valence-electron chi connectivity index (χ4n) is 3.85. The van der Waals surface area contributed by atoms with Gasteiger partial charge in [-0.2, -0.15) is 0 Å². The van der Waals surface area contributed by atoms with E-state index in [1.54, 1.807) is 4.90 Å². The molecule has 0 aromatic heterocycles. The summed E-state index contributed by atoms with van der Waals surface area (Å²) in [6.07, 6.45) is 0.726. The number of carbonyl (C=O) groups is 2. The first-order chi connectivity index (χ1) is 12.9. The van der Waals surface area contributed by atoms with Crippen LogP contribution in [0.5, 0.6) is 0 Å². The summed E-state index contributed by atoms with van der Waals surface area (Å²) in [5.74, 6) is -0.271. The highest BCUT2D eigenvalue weighted by Gasteiger charge is 2.32. The average molecular weight is 358 g/mol. The van der Waals surface area contributed by atoms with E-state index >= 15 is 0 Å². The van der Waals surface area contributed by atoms with Crippen LogP contribution in [0.2, 0.25) is 0 Å². The molecule has 4 rings (SSSR count). The zero-order valence-electron chi connectivity index (χ0n) is 15.5. The monoisotopic (exact) mass is 358 g/mol. The number of rotatable bonds is 5. The summed E-state index contributed by atoms with van der Waals surface area (Å²) in [6, 6.07) is 21.6. The fourth-order valence-corrected chi connectivity index (χ4v) is 3.85. The van der Waals surface area contributed by atoms with Gasteiger partial charge in [0.25, 0.3) is 5.91 Å². The highest BCUT2D eigenvalue weighted by Crippen LogP contribution is 2.36. The molecular weight excluding hydrogens is 336 g/mol. The Morgan fingerprint density at radius 3 is 2.41 bits per heavy atom. The van der Waals surface area contributed by atoms with E-state index in [4.69, 9.17) is 0 Å². The van der Waals surface area contributed by atoms with Crippen LogP contribution in [0.15, 0.2) is 66.7 Å². The molecule has 3 aromatic rings. The molecule has 1 heterocycles. The molecule has 0 unspecified atom stereocenters. The highest BCUT2D eigenvalue weighted by atomic mass is 16.2. The summed E-state index contributed by atoms with van der Waals surface area (Å²) < 4.78 is 0. The number of nitrogens with one attached hydrogen (secondary N) is 1. The molecule has 1 N–H and O–H groups in total. The quantitative estimate of drug-likeness (QED) is 0.751. The predicted molar refractivity (Wildman–Crippen MR) is 108 cm³/mol. The zero-order valence-corrected chi connectivity index (χ0v) is 15.5. The number of nitrogens with zero attached hydrogens (tertiary/aromatic N) is 1. The predicted octanol–water partition coefficient (Wildman–Crippen LogP) is 3.94. The number of hydrogen-bond donors (Lipinski definition) is 1. The van der Waals surface area contributed by atoms with Crippen molar-refractivity contribution in [3.8, 4) is 0 Å². The van der Waals surface area contributed by atoms with Crippen molar-refractivity contribution in [3.63, 3.8) is 0 Å². The van der Waals surface area contributed by atoms with Gasteiger partial charge in [0.15, 0.2) is 0 Å². The maximum Gasteiger partial charge on any atom is 0.259 e. The van der Waals surface area contributed by atoms with Crippen molar-refractivity contribution in [2.45, 2.75) is 25.8 Å². The van der Waals surface area contributed by atoms with E-state index in [1.807, 2.05) is 68.4 Å². The molecule has 0 radical (unpaired) electrons. The molecule has 0 saturated heterocycles. The second-order valence-corrected chi connectivity index (χ2v) is 7.67. The minimum absolute atomic E-state index is 0.0187. The van der Waals surface area contributed by atoms with Crippen molar-refractivity contribution < 1.29 is 9.59 Å². The molecule has 27 heavy (non-hydrogen) atoms. The molecule has 0 aliphatic carbocycles. The molecule has 2 amide bonds. The van der Waals surface area contributed by atoms with Gasteiger partial charge >= 0.3 is 0 Å². The normalized spacial score (nSPS) is 13.3. The number of anilines is 1. The Hall–Kier alpha value is -3.14. The molecule has 0 atom stereocenters. The van der Waals surface area contributed by atoms with Gasteiger partial charge in [-0.15, -0.1) is 0 Å². The third kappa shape index (κ3) is 3.31. The van der Waals surface area contributed by atoms with Crippen LogP contribution < -0.4 is 10.2 Å². The standard InChI is InChI=1S/C23H22N2O2/c1-23(2,14-16-8-4-3-5-9-16)24-20(26)15-25-19-13-7-11-17-10-6-12-18(21(17)19)22(25)27/h3-13H,14-15H2,1-2H3,(H,24,26). The molecule has 4 heteroatoms. The van der Waals surface area contributed by atoms with E-state index in [9.17, 15) is 9.59 Å². The summed E-state index contributed by atoms with van der Waals surface area (Å²) in [5, 5.41) is 5.03. The van der Waals surface area contributed by atoms with Crippen LogP contribution in [0.4, 0.5) is 5.69 Å². The van der Waals surface area contributed by atoms with Crippen molar-refractivity contribution >= 4 is 28.3 Å². The molecule has 1 aliphatic rings. The first-order valence-corrected chi connectivity index (χ1v) is 9.13. The summed E-state index contributed by atoms with van der Waals surface area (Å²) >= 11 is 0. The number of carbonyl (C=O) groups excluding carboxylic acids is 2. The average Bonchev–Trinajstić information content (AvgIpc) is 2.90. The molecule has 0 saturated carbocycles. The Balaban J connectivity index is 1.51. The number of amides is 2. The Morgan fingerprint density at radius 1 is 0.963 bits per heavy atom. The fraction of sp³-hybridized carbons (Fsp3) is 0.217. The van der Waals surface area contributed by atoms with Crippen molar-refractivity contribution in [1.82, 2.24) is 5.32 Å². The smallest absolute Gasteiger partial charge is 0.259 e. The number of benzene rings is 3. The van der Waals surface area contributed by atoms with Gasteiger partial charge in [-0.1, -0.05) is 54.6 Å². The largest absolute Gasteiger partial charge is 0.349 e. The maximum atomic E-state index is 12.8. The van der Waals surface area contributed by atoms with Crippen LogP contribution in [0.1, 0.15) is 29.8 Å². The van der Waals surface area contributed by atoms with Crippen LogP contribution in [-0.4, -0.2) is 23.9 Å². The van der Waals surface area contributed by atoms with Crippen molar-refractivity contribution in [3.05, 3.63) is 77.9 Å². The van der Waals surface area contributed by atoms with E-state index in [0.29, 0.717) is 5.56 Å². The van der Waals surface area contributed by atoms with Crippen LogP contribution in [0.3, 0.4) is 0 Å². The molecule has 0 bridgehead atoms. The second kappa shape index (κ2) is 6.54. The van der Waals surface area contributed by atoms with Crippen LogP contribution in [0, 0.1) is 0 Å². The first kappa shape index (κ1) is 17.3. The molecule has 3 aromatic carbocycles. The lowest BCUT2D eigenvalue weighted by molar-refractivity contribution is -0.121. The van der Waals surface area contributed by atoms with E-state index < -0.39 is 5.54 Å². The molecule has 4 nitrogen and oxygen atoms in total.